The van der Waals surface area contributed by atoms with Gasteiger partial charge in [0.1, 0.15) is 23.9 Å². The Labute approximate surface area is 227 Å². The molecule has 0 radical (unpaired) electrons. The highest BCUT2D eigenvalue weighted by Crippen LogP contribution is 2.36. The number of nitrogens with one attached hydrogen (secondary N) is 1. The number of anilines is 1. The number of aromatic nitrogens is 3. The second kappa shape index (κ2) is 11.4. The average molecular weight is 532 g/mol. The molecule has 1 unspecified atom stereocenters. The summed E-state index contributed by atoms with van der Waals surface area (Å²) in [4.78, 5) is 29.6. The van der Waals surface area contributed by atoms with Gasteiger partial charge in [-0.05, 0) is 62.7 Å². The summed E-state index contributed by atoms with van der Waals surface area (Å²) in [6.45, 7) is 5.51. The van der Waals surface area contributed by atoms with Crippen molar-refractivity contribution >= 4 is 28.5 Å². The van der Waals surface area contributed by atoms with Crippen LogP contribution in [0, 0.1) is 0 Å². The van der Waals surface area contributed by atoms with E-state index in [1.54, 1.807) is 49.6 Å². The number of nitrogens with zero attached hydrogens (tertiary/aromatic N) is 4. The fraction of sp³-hybridized carbons (Fsp3) is 0.310. The van der Waals surface area contributed by atoms with Gasteiger partial charge in [0.05, 0.1) is 26.8 Å². The Bertz CT molecular complexity index is 1480. The largest absolute Gasteiger partial charge is 0.497 e. The monoisotopic (exact) mass is 531 g/mol. The summed E-state index contributed by atoms with van der Waals surface area (Å²) >= 11 is 0. The topological polar surface area (TPSA) is 108 Å². The Morgan fingerprint density at radius 1 is 0.923 bits per heavy atom. The number of amides is 2. The Morgan fingerprint density at radius 3 is 2.36 bits per heavy atom. The first-order valence-corrected chi connectivity index (χ1v) is 12.4. The minimum atomic E-state index is -1.04. The number of para-hydroxylation sites is 1. The van der Waals surface area contributed by atoms with Crippen molar-refractivity contribution in [2.45, 2.75) is 38.9 Å². The molecule has 1 atom stereocenters. The maximum absolute atomic E-state index is 14.2. The van der Waals surface area contributed by atoms with Crippen LogP contribution in [0.3, 0.4) is 0 Å². The molecule has 2 amide bonds. The number of benzene rings is 3. The van der Waals surface area contributed by atoms with Gasteiger partial charge in [-0.25, -0.2) is 4.68 Å². The lowest BCUT2D eigenvalue weighted by molar-refractivity contribution is -0.128. The van der Waals surface area contributed by atoms with Crippen molar-refractivity contribution in [3.63, 3.8) is 0 Å². The number of methoxy groups -OCH3 is 3. The van der Waals surface area contributed by atoms with Crippen LogP contribution in [0.1, 0.15) is 32.4 Å². The normalized spacial score (nSPS) is 12.1. The molecule has 3 aromatic carbocycles. The highest BCUT2D eigenvalue weighted by Gasteiger charge is 2.35. The molecule has 1 heterocycles. The van der Waals surface area contributed by atoms with Gasteiger partial charge in [0.2, 0.25) is 11.8 Å². The second-order valence-electron chi connectivity index (χ2n) is 9.96. The van der Waals surface area contributed by atoms with Gasteiger partial charge in [0, 0.05) is 17.3 Å². The molecule has 0 fully saturated rings. The van der Waals surface area contributed by atoms with Gasteiger partial charge in [-0.3, -0.25) is 14.5 Å². The maximum Gasteiger partial charge on any atom is 0.249 e. The SMILES string of the molecule is COc1cccc(C(C(=O)NC(C)(C)C)N(C(=O)Cn2nnc3ccccc32)c2ccc(OC)c(OC)c2)c1. The molecule has 10 heteroatoms. The lowest BCUT2D eigenvalue weighted by Crippen LogP contribution is -2.50. The van der Waals surface area contributed by atoms with Crippen molar-refractivity contribution < 1.29 is 23.8 Å². The molecule has 0 saturated heterocycles. The van der Waals surface area contributed by atoms with Crippen molar-refractivity contribution in [3.8, 4) is 17.2 Å². The van der Waals surface area contributed by atoms with Crippen LogP contribution in [0.2, 0.25) is 0 Å². The van der Waals surface area contributed by atoms with Crippen molar-refractivity contribution in [2.75, 3.05) is 26.2 Å². The van der Waals surface area contributed by atoms with E-state index in [4.69, 9.17) is 14.2 Å². The fourth-order valence-electron chi connectivity index (χ4n) is 4.32. The number of rotatable bonds is 9. The molecule has 4 aromatic rings. The average Bonchev–Trinajstić information content (AvgIpc) is 3.32. The van der Waals surface area contributed by atoms with Crippen molar-refractivity contribution in [2.24, 2.45) is 0 Å². The zero-order valence-electron chi connectivity index (χ0n) is 23.0. The van der Waals surface area contributed by atoms with Crippen LogP contribution in [0.25, 0.3) is 11.0 Å². The van der Waals surface area contributed by atoms with Gasteiger partial charge >= 0.3 is 0 Å². The van der Waals surface area contributed by atoms with E-state index < -0.39 is 11.6 Å². The van der Waals surface area contributed by atoms with Crippen LogP contribution >= 0.6 is 0 Å². The van der Waals surface area contributed by atoms with E-state index in [1.165, 1.54) is 23.8 Å². The third-order valence-electron chi connectivity index (χ3n) is 6.03. The lowest BCUT2D eigenvalue weighted by Gasteiger charge is -2.34. The van der Waals surface area contributed by atoms with Crippen LogP contribution < -0.4 is 24.4 Å². The fourth-order valence-corrected chi connectivity index (χ4v) is 4.32. The quantitative estimate of drug-likeness (QED) is 0.346. The molecular formula is C29H33N5O5. The molecule has 4 rings (SSSR count). The summed E-state index contributed by atoms with van der Waals surface area (Å²) < 4.78 is 17.9. The smallest absolute Gasteiger partial charge is 0.249 e. The number of carbonyl (C=O) groups is 2. The Hall–Kier alpha value is -4.60. The van der Waals surface area contributed by atoms with E-state index in [2.05, 4.69) is 15.6 Å². The maximum atomic E-state index is 14.2. The van der Waals surface area contributed by atoms with Crippen molar-refractivity contribution in [1.29, 1.82) is 0 Å². The predicted molar refractivity (Wildman–Crippen MR) is 148 cm³/mol. The number of hydrogen-bond acceptors (Lipinski definition) is 7. The number of hydrogen-bond donors (Lipinski definition) is 1. The highest BCUT2D eigenvalue weighted by atomic mass is 16.5. The first-order valence-electron chi connectivity index (χ1n) is 12.4. The van der Waals surface area contributed by atoms with E-state index in [0.29, 0.717) is 39.5 Å². The molecule has 10 nitrogen and oxygen atoms in total. The second-order valence-corrected chi connectivity index (χ2v) is 9.96. The van der Waals surface area contributed by atoms with Gasteiger partial charge in [-0.1, -0.05) is 29.5 Å². The first kappa shape index (κ1) is 27.4. The zero-order valence-corrected chi connectivity index (χ0v) is 23.0. The Kier molecular flexibility index (Phi) is 8.04. The summed E-state index contributed by atoms with van der Waals surface area (Å²) in [6.07, 6.45) is 0. The van der Waals surface area contributed by atoms with Crippen LogP contribution in [-0.2, 0) is 16.1 Å². The minimum Gasteiger partial charge on any atom is -0.497 e. The highest BCUT2D eigenvalue weighted by molar-refractivity contribution is 6.02. The minimum absolute atomic E-state index is 0.155. The van der Waals surface area contributed by atoms with Crippen molar-refractivity contribution in [3.05, 3.63) is 72.3 Å². The molecule has 204 valence electrons. The molecule has 0 aliphatic rings. The number of fused-ring (bicyclic) bond motifs is 1. The van der Waals surface area contributed by atoms with Gasteiger partial charge in [-0.15, -0.1) is 5.10 Å². The molecule has 0 aliphatic carbocycles. The van der Waals surface area contributed by atoms with Crippen molar-refractivity contribution in [1.82, 2.24) is 20.3 Å². The van der Waals surface area contributed by atoms with E-state index in [-0.39, 0.29) is 18.4 Å². The first-order chi connectivity index (χ1) is 18.6. The molecule has 0 saturated carbocycles. The third-order valence-corrected chi connectivity index (χ3v) is 6.03. The molecule has 1 aromatic heterocycles. The van der Waals surface area contributed by atoms with Crippen LogP contribution in [0.4, 0.5) is 5.69 Å². The van der Waals surface area contributed by atoms with E-state index in [0.717, 1.165) is 0 Å². The van der Waals surface area contributed by atoms with Gasteiger partial charge in [-0.2, -0.15) is 0 Å². The molecule has 1 N–H and O–H groups in total. The van der Waals surface area contributed by atoms with Gasteiger partial charge in [0.25, 0.3) is 0 Å². The van der Waals surface area contributed by atoms with E-state index in [1.807, 2.05) is 45.0 Å². The molecule has 0 aliphatic heterocycles. The molecule has 39 heavy (non-hydrogen) atoms. The third kappa shape index (κ3) is 6.11. The molecular weight excluding hydrogens is 498 g/mol. The van der Waals surface area contributed by atoms with E-state index in [9.17, 15) is 9.59 Å². The Balaban J connectivity index is 1.88. The van der Waals surface area contributed by atoms with Gasteiger partial charge in [0.15, 0.2) is 11.5 Å². The number of carbonyl (C=O) groups excluding carboxylic acids is 2. The zero-order chi connectivity index (χ0) is 28.2. The van der Waals surface area contributed by atoms with E-state index >= 15 is 0 Å². The van der Waals surface area contributed by atoms with Crippen LogP contribution in [-0.4, -0.2) is 53.7 Å². The summed E-state index contributed by atoms with van der Waals surface area (Å²) in [5.74, 6) is 0.729. The lowest BCUT2D eigenvalue weighted by atomic mass is 10.00. The predicted octanol–water partition coefficient (Wildman–Crippen LogP) is 4.15. The summed E-state index contributed by atoms with van der Waals surface area (Å²) in [6, 6.07) is 18.5. The molecule has 0 spiro atoms. The van der Waals surface area contributed by atoms with Crippen LogP contribution in [0.15, 0.2) is 66.7 Å². The number of ether oxygens (including phenoxy) is 3. The summed E-state index contributed by atoms with van der Waals surface area (Å²) in [5.41, 5.74) is 1.83. The Morgan fingerprint density at radius 2 is 1.67 bits per heavy atom. The standard InChI is InChI=1S/C29H33N5O5/c1-29(2,3)30-28(36)27(19-10-9-11-21(16-19)37-4)34(20-14-15-24(38-5)25(17-20)39-6)26(35)18-33-23-13-8-7-12-22(23)31-32-33/h7-17,27H,18H2,1-6H3,(H,30,36). The van der Waals surface area contributed by atoms with Gasteiger partial charge < -0.3 is 19.5 Å². The molecule has 0 bridgehead atoms. The van der Waals surface area contributed by atoms with Crippen LogP contribution in [0.5, 0.6) is 17.2 Å². The summed E-state index contributed by atoms with van der Waals surface area (Å²) in [5, 5.41) is 11.4. The summed E-state index contributed by atoms with van der Waals surface area (Å²) in [7, 11) is 4.60.